The van der Waals surface area contributed by atoms with Crippen LogP contribution in [0.4, 0.5) is 0 Å². The second kappa shape index (κ2) is 7.43. The predicted molar refractivity (Wildman–Crippen MR) is 70.8 cm³/mol. The van der Waals surface area contributed by atoms with Gasteiger partial charge in [0.05, 0.1) is 38.1 Å². The standard InChI is InChI=1S/C14H27NO3/c1-11(2)17-8-7-16-10-14-6-5-13(18-14)9-15-12-3-4-12/h11-15H,3-10H2,1-2H3. The summed E-state index contributed by atoms with van der Waals surface area (Å²) in [5.41, 5.74) is 0. The fourth-order valence-electron chi connectivity index (χ4n) is 2.20. The van der Waals surface area contributed by atoms with E-state index in [0.717, 1.165) is 25.4 Å². The molecule has 0 aromatic rings. The van der Waals surface area contributed by atoms with E-state index in [9.17, 15) is 0 Å². The molecule has 106 valence electrons. The van der Waals surface area contributed by atoms with Gasteiger partial charge in [0.2, 0.25) is 0 Å². The lowest BCUT2D eigenvalue weighted by Gasteiger charge is -2.15. The summed E-state index contributed by atoms with van der Waals surface area (Å²) >= 11 is 0. The minimum Gasteiger partial charge on any atom is -0.376 e. The van der Waals surface area contributed by atoms with E-state index < -0.39 is 0 Å². The smallest absolute Gasteiger partial charge is 0.0813 e. The molecule has 4 heteroatoms. The molecule has 1 N–H and O–H groups in total. The maximum Gasteiger partial charge on any atom is 0.0813 e. The fourth-order valence-corrected chi connectivity index (χ4v) is 2.20. The van der Waals surface area contributed by atoms with E-state index >= 15 is 0 Å². The molecule has 0 radical (unpaired) electrons. The minimum atomic E-state index is 0.286. The maximum absolute atomic E-state index is 5.94. The van der Waals surface area contributed by atoms with Crippen molar-refractivity contribution in [3.8, 4) is 0 Å². The molecule has 2 aliphatic rings. The number of nitrogens with one attached hydrogen (secondary N) is 1. The molecule has 0 bridgehead atoms. The van der Waals surface area contributed by atoms with Crippen molar-refractivity contribution in [3.05, 3.63) is 0 Å². The molecule has 2 fully saturated rings. The van der Waals surface area contributed by atoms with Crippen molar-refractivity contribution >= 4 is 0 Å². The molecule has 2 unspecified atom stereocenters. The predicted octanol–water partition coefficient (Wildman–Crippen LogP) is 1.73. The van der Waals surface area contributed by atoms with Gasteiger partial charge in [0.25, 0.3) is 0 Å². The molecule has 2 rings (SSSR count). The van der Waals surface area contributed by atoms with Crippen molar-refractivity contribution in [3.63, 3.8) is 0 Å². The van der Waals surface area contributed by atoms with Crippen molar-refractivity contribution in [1.82, 2.24) is 5.32 Å². The Kier molecular flexibility index (Phi) is 5.89. The highest BCUT2D eigenvalue weighted by molar-refractivity contribution is 4.84. The molecular weight excluding hydrogens is 230 g/mol. The Balaban J connectivity index is 1.44. The molecule has 1 saturated carbocycles. The molecule has 1 aliphatic carbocycles. The lowest BCUT2D eigenvalue weighted by atomic mass is 10.2. The van der Waals surface area contributed by atoms with Crippen molar-refractivity contribution in [2.75, 3.05) is 26.4 Å². The van der Waals surface area contributed by atoms with Gasteiger partial charge in [0.15, 0.2) is 0 Å². The van der Waals surface area contributed by atoms with Gasteiger partial charge in [0, 0.05) is 12.6 Å². The number of ether oxygens (including phenoxy) is 3. The maximum atomic E-state index is 5.94. The molecule has 0 aromatic heterocycles. The van der Waals surface area contributed by atoms with Gasteiger partial charge in [-0.1, -0.05) is 0 Å². The summed E-state index contributed by atoms with van der Waals surface area (Å²) in [6, 6.07) is 0.775. The second-order valence-corrected chi connectivity index (χ2v) is 5.63. The zero-order chi connectivity index (χ0) is 12.8. The Morgan fingerprint density at radius 1 is 1.11 bits per heavy atom. The number of hydrogen-bond acceptors (Lipinski definition) is 4. The van der Waals surface area contributed by atoms with Crippen molar-refractivity contribution in [2.24, 2.45) is 0 Å². The average molecular weight is 257 g/mol. The first-order valence-electron chi connectivity index (χ1n) is 7.32. The van der Waals surface area contributed by atoms with E-state index in [2.05, 4.69) is 5.32 Å². The SMILES string of the molecule is CC(C)OCCOCC1CCC(CNC2CC2)O1. The van der Waals surface area contributed by atoms with E-state index in [1.807, 2.05) is 13.8 Å². The third-order valence-electron chi connectivity index (χ3n) is 3.39. The Morgan fingerprint density at radius 2 is 1.89 bits per heavy atom. The molecule has 1 heterocycles. The first-order chi connectivity index (χ1) is 8.74. The van der Waals surface area contributed by atoms with Crippen molar-refractivity contribution in [1.29, 1.82) is 0 Å². The molecular formula is C14H27NO3. The van der Waals surface area contributed by atoms with Crippen molar-refractivity contribution < 1.29 is 14.2 Å². The van der Waals surface area contributed by atoms with Crippen LogP contribution in [0, 0.1) is 0 Å². The topological polar surface area (TPSA) is 39.7 Å². The first-order valence-corrected chi connectivity index (χ1v) is 7.32. The first kappa shape index (κ1) is 14.3. The van der Waals surface area contributed by atoms with Gasteiger partial charge in [-0.05, 0) is 39.5 Å². The van der Waals surface area contributed by atoms with Crippen LogP contribution in [0.25, 0.3) is 0 Å². The van der Waals surface area contributed by atoms with E-state index in [4.69, 9.17) is 14.2 Å². The van der Waals surface area contributed by atoms with Crippen LogP contribution in [0.2, 0.25) is 0 Å². The zero-order valence-electron chi connectivity index (χ0n) is 11.7. The summed E-state index contributed by atoms with van der Waals surface area (Å²) < 4.78 is 16.9. The highest BCUT2D eigenvalue weighted by atomic mass is 16.6. The fraction of sp³-hybridized carbons (Fsp3) is 1.00. The van der Waals surface area contributed by atoms with Crippen LogP contribution in [-0.4, -0.2) is 50.7 Å². The minimum absolute atomic E-state index is 0.286. The van der Waals surface area contributed by atoms with Crippen LogP contribution < -0.4 is 5.32 Å². The van der Waals surface area contributed by atoms with Gasteiger partial charge in [-0.2, -0.15) is 0 Å². The Bertz CT molecular complexity index is 231. The molecule has 2 atom stereocenters. The quantitative estimate of drug-likeness (QED) is 0.639. The van der Waals surface area contributed by atoms with Crippen LogP contribution in [0.5, 0.6) is 0 Å². The van der Waals surface area contributed by atoms with Gasteiger partial charge in [-0.15, -0.1) is 0 Å². The van der Waals surface area contributed by atoms with Gasteiger partial charge < -0.3 is 19.5 Å². The molecule has 18 heavy (non-hydrogen) atoms. The van der Waals surface area contributed by atoms with Gasteiger partial charge in [0.1, 0.15) is 0 Å². The summed E-state index contributed by atoms with van der Waals surface area (Å²) in [5.74, 6) is 0. The lowest BCUT2D eigenvalue weighted by molar-refractivity contribution is -0.0351. The van der Waals surface area contributed by atoms with E-state index in [0.29, 0.717) is 25.9 Å². The van der Waals surface area contributed by atoms with Gasteiger partial charge >= 0.3 is 0 Å². The van der Waals surface area contributed by atoms with Crippen LogP contribution in [0.3, 0.4) is 0 Å². The van der Waals surface area contributed by atoms with E-state index in [-0.39, 0.29) is 12.2 Å². The highest BCUT2D eigenvalue weighted by Gasteiger charge is 2.27. The summed E-state index contributed by atoms with van der Waals surface area (Å²) in [4.78, 5) is 0. The summed E-state index contributed by atoms with van der Waals surface area (Å²) in [7, 11) is 0. The average Bonchev–Trinajstić information content (AvgIpc) is 3.06. The molecule has 0 amide bonds. The molecule has 0 aromatic carbocycles. The Morgan fingerprint density at radius 3 is 2.61 bits per heavy atom. The lowest BCUT2D eigenvalue weighted by Crippen LogP contribution is -2.29. The molecule has 4 nitrogen and oxygen atoms in total. The van der Waals surface area contributed by atoms with Gasteiger partial charge in [-0.3, -0.25) is 0 Å². The Hall–Kier alpha value is -0.160. The zero-order valence-corrected chi connectivity index (χ0v) is 11.7. The van der Waals surface area contributed by atoms with Crippen molar-refractivity contribution in [2.45, 2.75) is 63.9 Å². The van der Waals surface area contributed by atoms with Crippen LogP contribution in [0.15, 0.2) is 0 Å². The molecule has 1 aliphatic heterocycles. The molecule has 1 saturated heterocycles. The number of hydrogen-bond donors (Lipinski definition) is 1. The molecule has 0 spiro atoms. The van der Waals surface area contributed by atoms with Gasteiger partial charge in [-0.25, -0.2) is 0 Å². The summed E-state index contributed by atoms with van der Waals surface area (Å²) in [6.45, 7) is 7.15. The van der Waals surface area contributed by atoms with E-state index in [1.54, 1.807) is 0 Å². The highest BCUT2D eigenvalue weighted by Crippen LogP contribution is 2.22. The monoisotopic (exact) mass is 257 g/mol. The third-order valence-corrected chi connectivity index (χ3v) is 3.39. The van der Waals surface area contributed by atoms with Crippen LogP contribution in [-0.2, 0) is 14.2 Å². The normalized spacial score (nSPS) is 28.2. The van der Waals surface area contributed by atoms with Crippen LogP contribution in [0.1, 0.15) is 39.5 Å². The van der Waals surface area contributed by atoms with Crippen LogP contribution >= 0.6 is 0 Å². The third kappa shape index (κ3) is 5.65. The van der Waals surface area contributed by atoms with E-state index in [1.165, 1.54) is 12.8 Å². The number of rotatable bonds is 9. The summed E-state index contributed by atoms with van der Waals surface area (Å²) in [6.07, 6.45) is 5.94. The summed E-state index contributed by atoms with van der Waals surface area (Å²) in [5, 5.41) is 3.52. The Labute approximate surface area is 110 Å². The second-order valence-electron chi connectivity index (χ2n) is 5.63. The largest absolute Gasteiger partial charge is 0.376 e.